The third-order valence-corrected chi connectivity index (χ3v) is 4.61. The topological polar surface area (TPSA) is 101 Å². The van der Waals surface area contributed by atoms with Crippen molar-refractivity contribution >= 4 is 11.8 Å². The molecule has 0 saturated carbocycles. The predicted octanol–water partition coefficient (Wildman–Crippen LogP) is 2.17. The van der Waals surface area contributed by atoms with Crippen molar-refractivity contribution in [3.8, 4) is 11.4 Å². The van der Waals surface area contributed by atoms with Gasteiger partial charge in [0.1, 0.15) is 0 Å². The Hall–Kier alpha value is -3.55. The fourth-order valence-corrected chi connectivity index (χ4v) is 3.19. The van der Waals surface area contributed by atoms with E-state index in [-0.39, 0.29) is 17.9 Å². The van der Waals surface area contributed by atoms with Crippen molar-refractivity contribution in [3.63, 3.8) is 0 Å². The van der Waals surface area contributed by atoms with Crippen LogP contribution in [0.4, 0.5) is 0 Å². The van der Waals surface area contributed by atoms with Gasteiger partial charge in [-0.3, -0.25) is 14.6 Å². The Labute approximate surface area is 161 Å². The number of pyridine rings is 1. The van der Waals surface area contributed by atoms with Gasteiger partial charge in [0, 0.05) is 49.5 Å². The standard InChI is InChI=1S/C20H19N5O3/c26-19(15-11-22-18(23-12-15)14-4-1-7-21-10-14)24-16-5-2-8-25(13-16)20(27)17-6-3-9-28-17/h1,3-4,6-7,9-12,16H,2,5,8,13H2,(H,24,26)/t16-/m1/s1. The van der Waals surface area contributed by atoms with Gasteiger partial charge in [-0.15, -0.1) is 0 Å². The van der Waals surface area contributed by atoms with Gasteiger partial charge < -0.3 is 14.6 Å². The highest BCUT2D eigenvalue weighted by molar-refractivity contribution is 5.94. The number of carbonyl (C=O) groups excluding carboxylic acids is 2. The Balaban J connectivity index is 1.38. The van der Waals surface area contributed by atoms with E-state index in [4.69, 9.17) is 4.42 Å². The molecule has 1 aliphatic heterocycles. The molecule has 3 aromatic rings. The van der Waals surface area contributed by atoms with Crippen LogP contribution in [0.15, 0.2) is 59.7 Å². The first-order valence-corrected chi connectivity index (χ1v) is 9.07. The van der Waals surface area contributed by atoms with E-state index in [1.807, 2.05) is 6.07 Å². The lowest BCUT2D eigenvalue weighted by Gasteiger charge is -2.32. The molecular formula is C20H19N5O3. The number of likely N-dealkylation sites (tertiary alicyclic amines) is 1. The molecule has 3 aromatic heterocycles. The largest absolute Gasteiger partial charge is 0.459 e. The molecule has 0 aliphatic carbocycles. The highest BCUT2D eigenvalue weighted by Crippen LogP contribution is 2.15. The Bertz CT molecular complexity index is 942. The highest BCUT2D eigenvalue weighted by atomic mass is 16.3. The first kappa shape index (κ1) is 17.8. The van der Waals surface area contributed by atoms with Gasteiger partial charge in [0.2, 0.25) is 0 Å². The van der Waals surface area contributed by atoms with Crippen molar-refractivity contribution in [2.75, 3.05) is 13.1 Å². The number of amides is 2. The number of piperidine rings is 1. The number of nitrogens with zero attached hydrogens (tertiary/aromatic N) is 4. The molecule has 0 radical (unpaired) electrons. The average Bonchev–Trinajstić information content (AvgIpc) is 3.29. The summed E-state index contributed by atoms with van der Waals surface area (Å²) in [7, 11) is 0. The van der Waals surface area contributed by atoms with Crippen molar-refractivity contribution in [1.82, 2.24) is 25.2 Å². The van der Waals surface area contributed by atoms with Crippen LogP contribution in [0.25, 0.3) is 11.4 Å². The summed E-state index contributed by atoms with van der Waals surface area (Å²) < 4.78 is 5.18. The summed E-state index contributed by atoms with van der Waals surface area (Å²) in [5, 5.41) is 2.97. The van der Waals surface area contributed by atoms with Crippen LogP contribution in [-0.2, 0) is 0 Å². The van der Waals surface area contributed by atoms with Gasteiger partial charge in [-0.2, -0.15) is 0 Å². The third-order valence-electron chi connectivity index (χ3n) is 4.61. The maximum Gasteiger partial charge on any atom is 0.289 e. The van der Waals surface area contributed by atoms with Gasteiger partial charge in [0.15, 0.2) is 11.6 Å². The monoisotopic (exact) mass is 377 g/mol. The van der Waals surface area contributed by atoms with Gasteiger partial charge in [-0.05, 0) is 37.1 Å². The number of furan rings is 1. The number of aromatic nitrogens is 3. The quantitative estimate of drug-likeness (QED) is 0.748. The predicted molar refractivity (Wildman–Crippen MR) is 100 cm³/mol. The molecule has 8 nitrogen and oxygen atoms in total. The van der Waals surface area contributed by atoms with Crippen LogP contribution in [0.1, 0.15) is 33.8 Å². The number of carbonyl (C=O) groups is 2. The lowest BCUT2D eigenvalue weighted by Crippen LogP contribution is -2.49. The Morgan fingerprint density at radius 3 is 2.71 bits per heavy atom. The smallest absolute Gasteiger partial charge is 0.289 e. The summed E-state index contributed by atoms with van der Waals surface area (Å²) in [4.78, 5) is 39.2. The van der Waals surface area contributed by atoms with Crippen LogP contribution < -0.4 is 5.32 Å². The van der Waals surface area contributed by atoms with Gasteiger partial charge in [0.05, 0.1) is 11.8 Å². The molecule has 8 heteroatoms. The maximum atomic E-state index is 12.5. The zero-order valence-electron chi connectivity index (χ0n) is 15.1. The molecule has 0 unspecified atom stereocenters. The maximum absolute atomic E-state index is 12.5. The number of nitrogens with one attached hydrogen (secondary N) is 1. The zero-order valence-corrected chi connectivity index (χ0v) is 15.1. The van der Waals surface area contributed by atoms with Gasteiger partial charge in [-0.1, -0.05) is 0 Å². The van der Waals surface area contributed by atoms with E-state index >= 15 is 0 Å². The Kier molecular flexibility index (Phi) is 5.09. The zero-order chi connectivity index (χ0) is 19.3. The van der Waals surface area contributed by atoms with Crippen LogP contribution in [0.2, 0.25) is 0 Å². The second-order valence-corrected chi connectivity index (χ2v) is 6.58. The average molecular weight is 377 g/mol. The van der Waals surface area contributed by atoms with Crippen molar-refractivity contribution in [2.45, 2.75) is 18.9 Å². The van der Waals surface area contributed by atoms with E-state index in [1.165, 1.54) is 18.7 Å². The normalized spacial score (nSPS) is 16.6. The number of hydrogen-bond donors (Lipinski definition) is 1. The molecule has 142 valence electrons. The van der Waals surface area contributed by atoms with Crippen molar-refractivity contribution < 1.29 is 14.0 Å². The molecule has 0 aromatic carbocycles. The first-order valence-electron chi connectivity index (χ1n) is 9.07. The van der Waals surface area contributed by atoms with Crippen LogP contribution in [-0.4, -0.2) is 50.8 Å². The summed E-state index contributed by atoms with van der Waals surface area (Å²) in [6.45, 7) is 1.09. The molecule has 4 rings (SSSR count). The summed E-state index contributed by atoms with van der Waals surface area (Å²) >= 11 is 0. The van der Waals surface area contributed by atoms with Crippen LogP contribution in [0, 0.1) is 0 Å². The molecule has 0 spiro atoms. The molecule has 1 aliphatic rings. The fraction of sp³-hybridized carbons (Fsp3) is 0.250. The van der Waals surface area contributed by atoms with E-state index in [0.29, 0.717) is 30.2 Å². The van der Waals surface area contributed by atoms with Gasteiger partial charge in [-0.25, -0.2) is 9.97 Å². The van der Waals surface area contributed by atoms with Crippen molar-refractivity contribution in [3.05, 3.63) is 66.6 Å². The molecule has 4 heterocycles. The van der Waals surface area contributed by atoms with Crippen molar-refractivity contribution in [2.24, 2.45) is 0 Å². The second-order valence-electron chi connectivity index (χ2n) is 6.58. The first-order chi connectivity index (χ1) is 13.7. The summed E-state index contributed by atoms with van der Waals surface area (Å²) in [6, 6.07) is 6.86. The summed E-state index contributed by atoms with van der Waals surface area (Å²) in [5.74, 6) is 0.409. The fourth-order valence-electron chi connectivity index (χ4n) is 3.19. The van der Waals surface area contributed by atoms with E-state index < -0.39 is 0 Å². The number of rotatable bonds is 4. The van der Waals surface area contributed by atoms with E-state index in [9.17, 15) is 9.59 Å². The molecule has 1 saturated heterocycles. The molecular weight excluding hydrogens is 358 g/mol. The molecule has 28 heavy (non-hydrogen) atoms. The summed E-state index contributed by atoms with van der Waals surface area (Å²) in [6.07, 6.45) is 9.44. The van der Waals surface area contributed by atoms with E-state index in [1.54, 1.807) is 35.5 Å². The molecule has 0 bridgehead atoms. The van der Waals surface area contributed by atoms with Crippen LogP contribution >= 0.6 is 0 Å². The van der Waals surface area contributed by atoms with E-state index in [0.717, 1.165) is 18.4 Å². The van der Waals surface area contributed by atoms with Crippen LogP contribution in [0.5, 0.6) is 0 Å². The minimum absolute atomic E-state index is 0.127. The molecule has 1 atom stereocenters. The highest BCUT2D eigenvalue weighted by Gasteiger charge is 2.27. The minimum Gasteiger partial charge on any atom is -0.459 e. The third kappa shape index (κ3) is 3.90. The van der Waals surface area contributed by atoms with Gasteiger partial charge >= 0.3 is 0 Å². The summed E-state index contributed by atoms with van der Waals surface area (Å²) in [5.41, 5.74) is 1.16. The molecule has 1 fully saturated rings. The second kappa shape index (κ2) is 7.99. The van der Waals surface area contributed by atoms with Gasteiger partial charge in [0.25, 0.3) is 11.8 Å². The lowest BCUT2D eigenvalue weighted by molar-refractivity contribution is 0.0647. The molecule has 1 N–H and O–H groups in total. The SMILES string of the molecule is O=C(N[C@@H]1CCCN(C(=O)c2ccco2)C1)c1cnc(-c2cccnc2)nc1. The van der Waals surface area contributed by atoms with Crippen LogP contribution in [0.3, 0.4) is 0 Å². The lowest BCUT2D eigenvalue weighted by atomic mass is 10.0. The molecule has 2 amide bonds. The number of hydrogen-bond acceptors (Lipinski definition) is 6. The van der Waals surface area contributed by atoms with Crippen molar-refractivity contribution in [1.29, 1.82) is 0 Å². The Morgan fingerprint density at radius 1 is 1.14 bits per heavy atom. The Morgan fingerprint density at radius 2 is 2.00 bits per heavy atom. The minimum atomic E-state index is -0.255. The van der Waals surface area contributed by atoms with E-state index in [2.05, 4.69) is 20.3 Å².